The Balaban J connectivity index is 1.96. The molecular weight excluding hydrogens is 438 g/mol. The van der Waals surface area contributed by atoms with Crippen molar-refractivity contribution < 1.29 is 22.7 Å². The van der Waals surface area contributed by atoms with E-state index in [1.165, 1.54) is 36.4 Å². The second-order valence-corrected chi connectivity index (χ2v) is 8.82. The molecule has 0 fully saturated rings. The molecule has 162 valence electrons. The van der Waals surface area contributed by atoms with Crippen LogP contribution in [-0.2, 0) is 14.8 Å². The van der Waals surface area contributed by atoms with Gasteiger partial charge in [-0.05, 0) is 74.0 Å². The summed E-state index contributed by atoms with van der Waals surface area (Å²) in [6, 6.07) is 19.1. The molecule has 3 aromatic carbocycles. The average molecular weight is 460 g/mol. The number of ether oxygens (including phenoxy) is 2. The SMILES string of the molecule is CCOc1ccc(N(C(=O)COc2ccccc2C)S(=O)(=O)c2ccc(Cl)cc2)cc1. The highest BCUT2D eigenvalue weighted by atomic mass is 35.5. The molecule has 0 unspecified atom stereocenters. The summed E-state index contributed by atoms with van der Waals surface area (Å²) >= 11 is 5.89. The minimum absolute atomic E-state index is 0.0602. The van der Waals surface area contributed by atoms with Crippen LogP contribution < -0.4 is 13.8 Å². The quantitative estimate of drug-likeness (QED) is 0.481. The molecular formula is C23H22ClNO5S. The van der Waals surface area contributed by atoms with Crippen LogP contribution >= 0.6 is 11.6 Å². The highest BCUT2D eigenvalue weighted by molar-refractivity contribution is 7.93. The minimum Gasteiger partial charge on any atom is -0.494 e. The smallest absolute Gasteiger partial charge is 0.278 e. The van der Waals surface area contributed by atoms with Crippen molar-refractivity contribution >= 4 is 33.2 Å². The van der Waals surface area contributed by atoms with Crippen LogP contribution in [0.2, 0.25) is 5.02 Å². The summed E-state index contributed by atoms with van der Waals surface area (Å²) in [5, 5.41) is 0.390. The standard InChI is InChI=1S/C23H22ClNO5S/c1-3-29-20-12-10-19(11-13-20)25(31(27,28)21-14-8-18(24)9-15-21)23(26)16-30-22-7-5-4-6-17(22)2/h4-15H,3,16H2,1-2H3. The summed E-state index contributed by atoms with van der Waals surface area (Å²) in [7, 11) is -4.21. The van der Waals surface area contributed by atoms with Crippen molar-refractivity contribution in [2.24, 2.45) is 0 Å². The van der Waals surface area contributed by atoms with E-state index in [9.17, 15) is 13.2 Å². The van der Waals surface area contributed by atoms with Gasteiger partial charge in [-0.25, -0.2) is 8.42 Å². The summed E-state index contributed by atoms with van der Waals surface area (Å²) < 4.78 is 38.5. The summed E-state index contributed by atoms with van der Waals surface area (Å²) in [5.41, 5.74) is 1.01. The molecule has 0 heterocycles. The number of hydrogen-bond donors (Lipinski definition) is 0. The fourth-order valence-corrected chi connectivity index (χ4v) is 4.43. The molecule has 0 N–H and O–H groups in total. The van der Waals surface area contributed by atoms with Gasteiger partial charge in [0, 0.05) is 5.02 Å². The maximum absolute atomic E-state index is 13.3. The van der Waals surface area contributed by atoms with Crippen molar-refractivity contribution in [2.45, 2.75) is 18.7 Å². The number of amides is 1. The molecule has 8 heteroatoms. The monoisotopic (exact) mass is 459 g/mol. The number of nitrogens with zero attached hydrogens (tertiary/aromatic N) is 1. The van der Waals surface area contributed by atoms with Crippen LogP contribution in [0.5, 0.6) is 11.5 Å². The van der Waals surface area contributed by atoms with Gasteiger partial charge in [0.1, 0.15) is 11.5 Å². The van der Waals surface area contributed by atoms with E-state index in [-0.39, 0.29) is 10.6 Å². The maximum Gasteiger partial charge on any atom is 0.278 e. The molecule has 0 atom stereocenters. The lowest BCUT2D eigenvalue weighted by Crippen LogP contribution is -2.40. The van der Waals surface area contributed by atoms with E-state index in [4.69, 9.17) is 21.1 Å². The van der Waals surface area contributed by atoms with Crippen molar-refractivity contribution in [3.05, 3.63) is 83.4 Å². The zero-order chi connectivity index (χ0) is 22.4. The molecule has 3 aromatic rings. The largest absolute Gasteiger partial charge is 0.494 e. The molecule has 0 aliphatic heterocycles. The van der Waals surface area contributed by atoms with Crippen molar-refractivity contribution in [3.63, 3.8) is 0 Å². The number of anilines is 1. The Labute approximate surface area is 187 Å². The zero-order valence-corrected chi connectivity index (χ0v) is 18.7. The second kappa shape index (κ2) is 9.85. The first-order chi connectivity index (χ1) is 14.8. The molecule has 0 spiro atoms. The van der Waals surface area contributed by atoms with Crippen LogP contribution in [0.15, 0.2) is 77.7 Å². The highest BCUT2D eigenvalue weighted by Crippen LogP contribution is 2.27. The number of sulfonamides is 1. The van der Waals surface area contributed by atoms with Gasteiger partial charge in [0.25, 0.3) is 15.9 Å². The Hall–Kier alpha value is -3.03. The van der Waals surface area contributed by atoms with E-state index >= 15 is 0 Å². The minimum atomic E-state index is -4.21. The molecule has 0 saturated carbocycles. The second-order valence-electron chi connectivity index (χ2n) is 6.60. The van der Waals surface area contributed by atoms with E-state index in [0.717, 1.165) is 9.87 Å². The third-order valence-electron chi connectivity index (χ3n) is 4.41. The van der Waals surface area contributed by atoms with E-state index in [1.54, 1.807) is 24.3 Å². The zero-order valence-electron chi connectivity index (χ0n) is 17.1. The summed E-state index contributed by atoms with van der Waals surface area (Å²) in [6.07, 6.45) is 0. The molecule has 31 heavy (non-hydrogen) atoms. The lowest BCUT2D eigenvalue weighted by Gasteiger charge is -2.23. The van der Waals surface area contributed by atoms with Gasteiger partial charge in [0.15, 0.2) is 6.61 Å². The van der Waals surface area contributed by atoms with Crippen molar-refractivity contribution in [3.8, 4) is 11.5 Å². The maximum atomic E-state index is 13.3. The number of para-hydroxylation sites is 1. The average Bonchev–Trinajstić information content (AvgIpc) is 2.75. The molecule has 0 saturated heterocycles. The van der Waals surface area contributed by atoms with Gasteiger partial charge in [-0.1, -0.05) is 29.8 Å². The highest BCUT2D eigenvalue weighted by Gasteiger charge is 2.31. The van der Waals surface area contributed by atoms with Crippen molar-refractivity contribution in [2.75, 3.05) is 17.5 Å². The number of carbonyl (C=O) groups is 1. The van der Waals surface area contributed by atoms with Crippen LogP contribution in [0, 0.1) is 6.92 Å². The van der Waals surface area contributed by atoms with Crippen molar-refractivity contribution in [1.82, 2.24) is 0 Å². The lowest BCUT2D eigenvalue weighted by molar-refractivity contribution is -0.119. The number of benzene rings is 3. The van der Waals surface area contributed by atoms with E-state index in [2.05, 4.69) is 0 Å². The van der Waals surface area contributed by atoms with Crippen LogP contribution in [0.3, 0.4) is 0 Å². The Morgan fingerprint density at radius 2 is 1.58 bits per heavy atom. The van der Waals surface area contributed by atoms with Crippen LogP contribution in [0.1, 0.15) is 12.5 Å². The Morgan fingerprint density at radius 3 is 2.19 bits per heavy atom. The van der Waals surface area contributed by atoms with Crippen LogP contribution in [-0.4, -0.2) is 27.5 Å². The van der Waals surface area contributed by atoms with E-state index in [0.29, 0.717) is 23.1 Å². The van der Waals surface area contributed by atoms with Crippen LogP contribution in [0.25, 0.3) is 0 Å². The first-order valence-corrected chi connectivity index (χ1v) is 11.4. The fourth-order valence-electron chi connectivity index (χ4n) is 2.89. The summed E-state index contributed by atoms with van der Waals surface area (Å²) in [6.45, 7) is 3.70. The molecule has 0 aliphatic carbocycles. The van der Waals surface area contributed by atoms with Gasteiger partial charge < -0.3 is 9.47 Å². The molecule has 0 bridgehead atoms. The Kier molecular flexibility index (Phi) is 7.20. The number of aryl methyl sites for hydroxylation is 1. The third kappa shape index (κ3) is 5.37. The Morgan fingerprint density at radius 1 is 0.935 bits per heavy atom. The Bertz CT molecular complexity index is 1150. The molecule has 0 radical (unpaired) electrons. The van der Waals surface area contributed by atoms with E-state index < -0.39 is 22.5 Å². The molecule has 3 rings (SSSR count). The molecule has 6 nitrogen and oxygen atoms in total. The summed E-state index contributed by atoms with van der Waals surface area (Å²) in [5.74, 6) is 0.340. The number of hydrogen-bond acceptors (Lipinski definition) is 5. The normalized spacial score (nSPS) is 11.1. The van der Waals surface area contributed by atoms with Crippen molar-refractivity contribution in [1.29, 1.82) is 0 Å². The van der Waals surface area contributed by atoms with Crippen LogP contribution in [0.4, 0.5) is 5.69 Å². The first kappa shape index (κ1) is 22.7. The van der Waals surface area contributed by atoms with Gasteiger partial charge in [-0.15, -0.1) is 0 Å². The number of carbonyl (C=O) groups excluding carboxylic acids is 1. The number of rotatable bonds is 8. The van der Waals surface area contributed by atoms with E-state index in [1.807, 2.05) is 26.0 Å². The molecule has 0 aliphatic rings. The third-order valence-corrected chi connectivity index (χ3v) is 6.42. The fraction of sp³-hybridized carbons (Fsp3) is 0.174. The van der Waals surface area contributed by atoms with Gasteiger partial charge >= 0.3 is 0 Å². The number of halogens is 1. The van der Waals surface area contributed by atoms with Gasteiger partial charge in [-0.3, -0.25) is 4.79 Å². The topological polar surface area (TPSA) is 72.9 Å². The first-order valence-electron chi connectivity index (χ1n) is 9.58. The van der Waals surface area contributed by atoms with Gasteiger partial charge in [0.2, 0.25) is 0 Å². The predicted molar refractivity (Wildman–Crippen MR) is 120 cm³/mol. The molecule has 0 aromatic heterocycles. The van der Waals surface area contributed by atoms with Gasteiger partial charge in [0.05, 0.1) is 17.2 Å². The predicted octanol–water partition coefficient (Wildman–Crippen LogP) is 4.85. The molecule has 1 amide bonds. The summed E-state index contributed by atoms with van der Waals surface area (Å²) in [4.78, 5) is 13.0. The van der Waals surface area contributed by atoms with Gasteiger partial charge in [-0.2, -0.15) is 4.31 Å². The lowest BCUT2D eigenvalue weighted by atomic mass is 10.2.